The van der Waals surface area contributed by atoms with Crippen molar-refractivity contribution in [2.75, 3.05) is 4.72 Å². The van der Waals surface area contributed by atoms with Gasteiger partial charge in [0.05, 0.1) is 22.3 Å². The van der Waals surface area contributed by atoms with Gasteiger partial charge in [-0.05, 0) is 42.5 Å². The van der Waals surface area contributed by atoms with Crippen LogP contribution in [0.5, 0.6) is 0 Å². The molecule has 0 atom stereocenters. The summed E-state index contributed by atoms with van der Waals surface area (Å²) in [5, 5.41) is 11.6. The highest BCUT2D eigenvalue weighted by Crippen LogP contribution is 2.25. The highest BCUT2D eigenvalue weighted by Gasteiger charge is 2.17. The average molecular weight is 443 g/mol. The number of fused-ring (bicyclic) bond motifs is 1. The molecule has 0 saturated carbocycles. The minimum Gasteiger partial charge on any atom is -0.280 e. The molecule has 0 saturated heterocycles. The van der Waals surface area contributed by atoms with Gasteiger partial charge in [-0.3, -0.25) is 14.6 Å². The fraction of sp³-hybridized carbons (Fsp3) is 0.0500. The van der Waals surface area contributed by atoms with E-state index in [1.807, 2.05) is 0 Å². The third-order valence-electron chi connectivity index (χ3n) is 4.35. The van der Waals surface area contributed by atoms with E-state index in [9.17, 15) is 22.0 Å². The quantitative estimate of drug-likeness (QED) is 0.489. The second-order valence-corrected chi connectivity index (χ2v) is 8.33. The van der Waals surface area contributed by atoms with E-state index in [4.69, 9.17) is 0 Å². The Morgan fingerprint density at radius 1 is 1.13 bits per heavy atom. The summed E-state index contributed by atoms with van der Waals surface area (Å²) < 4.78 is 55.4. The number of nitrogens with zero attached hydrogens (tertiary/aromatic N) is 3. The highest BCUT2D eigenvalue weighted by atomic mass is 32.2. The molecule has 11 heteroatoms. The van der Waals surface area contributed by atoms with E-state index in [1.54, 1.807) is 30.5 Å². The first kappa shape index (κ1) is 20.4. The number of carbonyl (C=O) groups excluding carboxylic acids is 1. The predicted molar refractivity (Wildman–Crippen MR) is 111 cm³/mol. The molecule has 2 aromatic heterocycles. The van der Waals surface area contributed by atoms with Gasteiger partial charge in [-0.15, -0.1) is 0 Å². The third-order valence-corrected chi connectivity index (χ3v) is 5.71. The van der Waals surface area contributed by atoms with Crippen LogP contribution in [-0.2, 0) is 10.0 Å². The number of sulfonamides is 1. The number of H-pyrrole nitrogens is 1. The lowest BCUT2D eigenvalue weighted by molar-refractivity contribution is 0.0921. The van der Waals surface area contributed by atoms with Crippen LogP contribution in [0.2, 0.25) is 0 Å². The zero-order valence-electron chi connectivity index (χ0n) is 16.0. The van der Waals surface area contributed by atoms with Crippen LogP contribution < -0.4 is 4.72 Å². The number of hydrogen-bond donors (Lipinski definition) is 2. The Bertz CT molecular complexity index is 1420. The van der Waals surface area contributed by atoms with Crippen molar-refractivity contribution in [1.82, 2.24) is 20.0 Å². The van der Waals surface area contributed by atoms with Gasteiger partial charge in [0.1, 0.15) is 11.6 Å². The minimum atomic E-state index is -4.21. The molecule has 0 radical (unpaired) electrons. The first-order valence-corrected chi connectivity index (χ1v) is 10.4. The Kier molecular flexibility index (Phi) is 5.11. The summed E-state index contributed by atoms with van der Waals surface area (Å²) in [6, 6.07) is 6.73. The molecule has 0 aliphatic heterocycles. The number of hydrogen-bond acceptors (Lipinski definition) is 5. The van der Waals surface area contributed by atoms with E-state index in [0.717, 1.165) is 12.1 Å². The van der Waals surface area contributed by atoms with Gasteiger partial charge in [-0.1, -0.05) is 0 Å². The number of benzene rings is 2. The number of nitrogens with one attached hydrogen (secondary N) is 2. The molecule has 0 aliphatic rings. The first-order chi connectivity index (χ1) is 14.7. The smallest absolute Gasteiger partial charge is 0.262 e. The number of rotatable bonds is 5. The molecule has 0 aliphatic carbocycles. The topological polar surface area (TPSA) is 110 Å². The van der Waals surface area contributed by atoms with Gasteiger partial charge in [-0.25, -0.2) is 21.9 Å². The molecule has 0 spiro atoms. The summed E-state index contributed by atoms with van der Waals surface area (Å²) in [7, 11) is -4.21. The molecule has 2 aromatic carbocycles. The molecule has 0 unspecified atom stereocenters. The number of aromatic nitrogens is 4. The van der Waals surface area contributed by atoms with Gasteiger partial charge >= 0.3 is 0 Å². The summed E-state index contributed by atoms with van der Waals surface area (Å²) in [5.41, 5.74) is 2.04. The van der Waals surface area contributed by atoms with Crippen molar-refractivity contribution in [2.24, 2.45) is 0 Å². The van der Waals surface area contributed by atoms with E-state index in [1.165, 1.54) is 23.9 Å². The molecular weight excluding hydrogens is 428 g/mol. The summed E-state index contributed by atoms with van der Waals surface area (Å²) in [5.74, 6) is -2.21. The van der Waals surface area contributed by atoms with Crippen LogP contribution >= 0.6 is 0 Å². The second-order valence-electron chi connectivity index (χ2n) is 6.65. The van der Waals surface area contributed by atoms with Gasteiger partial charge in [0, 0.05) is 35.8 Å². The largest absolute Gasteiger partial charge is 0.280 e. The molecule has 4 rings (SSSR count). The maximum absolute atomic E-state index is 13.4. The van der Waals surface area contributed by atoms with Gasteiger partial charge in [0.15, 0.2) is 0 Å². The molecular formula is C20H15F2N5O3S. The molecule has 0 amide bonds. The lowest BCUT2D eigenvalue weighted by atomic mass is 10.1. The highest BCUT2D eigenvalue weighted by molar-refractivity contribution is 7.92. The van der Waals surface area contributed by atoms with E-state index >= 15 is 0 Å². The Labute approximate surface area is 175 Å². The predicted octanol–water partition coefficient (Wildman–Crippen LogP) is 3.67. The van der Waals surface area contributed by atoms with Crippen LogP contribution in [0, 0.1) is 11.6 Å². The van der Waals surface area contributed by atoms with Crippen molar-refractivity contribution in [1.29, 1.82) is 0 Å². The normalized spacial score (nSPS) is 12.0. The van der Waals surface area contributed by atoms with E-state index < -0.39 is 26.6 Å². The average Bonchev–Trinajstić information content (AvgIpc) is 3.32. The first-order valence-electron chi connectivity index (χ1n) is 8.92. The summed E-state index contributed by atoms with van der Waals surface area (Å²) in [6.45, 7) is 1.39. The maximum atomic E-state index is 13.4. The van der Waals surface area contributed by atoms with Crippen LogP contribution in [0.4, 0.5) is 14.5 Å². The Morgan fingerprint density at radius 3 is 2.55 bits per heavy atom. The molecule has 31 heavy (non-hydrogen) atoms. The number of aromatic amines is 1. The third kappa shape index (κ3) is 4.36. The van der Waals surface area contributed by atoms with Gasteiger partial charge in [0.2, 0.25) is 5.91 Å². The van der Waals surface area contributed by atoms with Crippen molar-refractivity contribution in [3.8, 4) is 0 Å². The minimum absolute atomic E-state index is 0.192. The summed E-state index contributed by atoms with van der Waals surface area (Å²) >= 11 is 0. The van der Waals surface area contributed by atoms with Crippen LogP contribution in [-0.4, -0.2) is 34.3 Å². The molecule has 2 N–H and O–H groups in total. The van der Waals surface area contributed by atoms with E-state index in [2.05, 4.69) is 20.0 Å². The standard InChI is InChI=1S/C20H15F2N5O3S/c1-12(28)27-11-13(10-23-27)2-4-19-18-9-16(3-5-20(18)25-24-19)26-31(29,30)17-7-14(21)6-15(22)8-17/h2-11,26H,1H3,(H,24,25). The van der Waals surface area contributed by atoms with Gasteiger partial charge < -0.3 is 0 Å². The zero-order valence-corrected chi connectivity index (χ0v) is 16.8. The Balaban J connectivity index is 1.63. The van der Waals surface area contributed by atoms with Crippen molar-refractivity contribution in [2.45, 2.75) is 11.8 Å². The van der Waals surface area contributed by atoms with Crippen LogP contribution in [0.1, 0.15) is 23.0 Å². The lowest BCUT2D eigenvalue weighted by Gasteiger charge is -2.08. The monoisotopic (exact) mass is 443 g/mol. The van der Waals surface area contributed by atoms with Gasteiger partial charge in [0.25, 0.3) is 10.0 Å². The fourth-order valence-corrected chi connectivity index (χ4v) is 3.98. The Morgan fingerprint density at radius 2 is 1.87 bits per heavy atom. The fourth-order valence-electron chi connectivity index (χ4n) is 2.89. The van der Waals surface area contributed by atoms with Crippen LogP contribution in [0.25, 0.3) is 23.1 Å². The van der Waals surface area contributed by atoms with E-state index in [-0.39, 0.29) is 11.6 Å². The molecule has 2 heterocycles. The number of carbonyl (C=O) groups is 1. The van der Waals surface area contributed by atoms with Gasteiger partial charge in [-0.2, -0.15) is 10.2 Å². The van der Waals surface area contributed by atoms with Crippen molar-refractivity contribution in [3.63, 3.8) is 0 Å². The number of halogens is 2. The summed E-state index contributed by atoms with van der Waals surface area (Å²) in [6.07, 6.45) is 6.46. The van der Waals surface area contributed by atoms with Crippen LogP contribution in [0.15, 0.2) is 53.7 Å². The molecule has 0 bridgehead atoms. The lowest BCUT2D eigenvalue weighted by Crippen LogP contribution is -2.13. The molecule has 8 nitrogen and oxygen atoms in total. The second kappa shape index (κ2) is 7.76. The zero-order chi connectivity index (χ0) is 22.2. The maximum Gasteiger partial charge on any atom is 0.262 e. The molecule has 0 fully saturated rings. The SMILES string of the molecule is CC(=O)n1cc(C=Cc2n[nH]c3ccc(NS(=O)(=O)c4cc(F)cc(F)c4)cc23)cn1. The Hall–Kier alpha value is -3.86. The van der Waals surface area contributed by atoms with E-state index in [0.29, 0.717) is 28.2 Å². The van der Waals surface area contributed by atoms with Crippen LogP contribution in [0.3, 0.4) is 0 Å². The number of anilines is 1. The molecule has 4 aromatic rings. The van der Waals surface area contributed by atoms with Crippen molar-refractivity contribution < 1.29 is 22.0 Å². The van der Waals surface area contributed by atoms with Crippen molar-refractivity contribution in [3.05, 3.63) is 71.7 Å². The molecule has 158 valence electrons. The van der Waals surface area contributed by atoms with Crippen molar-refractivity contribution >= 4 is 44.7 Å². The summed E-state index contributed by atoms with van der Waals surface area (Å²) in [4.78, 5) is 10.8.